The zero-order chi connectivity index (χ0) is 37.2. The molecule has 2 saturated heterocycles. The first kappa shape index (κ1) is 39.9. The van der Waals surface area contributed by atoms with Crippen LogP contribution in [0.5, 0.6) is 23.0 Å². The highest BCUT2D eigenvalue weighted by molar-refractivity contribution is 7.87. The number of halogens is 1. The molecule has 0 unspecified atom stereocenters. The lowest BCUT2D eigenvalue weighted by atomic mass is 10.1. The van der Waals surface area contributed by atoms with Crippen LogP contribution in [-0.4, -0.2) is 103 Å². The first-order valence-electron chi connectivity index (χ1n) is 15.7. The molecule has 0 spiro atoms. The van der Waals surface area contributed by atoms with Crippen LogP contribution in [0.2, 0.25) is 5.15 Å². The number of nitrogens with one attached hydrogen (secondary N) is 3. The summed E-state index contributed by atoms with van der Waals surface area (Å²) in [5.41, 5.74) is 1.49. The van der Waals surface area contributed by atoms with E-state index in [1.165, 1.54) is 12.7 Å². The minimum absolute atomic E-state index is 0.0197. The Morgan fingerprint density at radius 1 is 0.686 bits per heavy atom. The van der Waals surface area contributed by atoms with Gasteiger partial charge in [0.25, 0.3) is 20.4 Å². The van der Waals surface area contributed by atoms with Crippen molar-refractivity contribution < 1.29 is 35.8 Å². The Kier molecular flexibility index (Phi) is 14.1. The van der Waals surface area contributed by atoms with E-state index in [4.69, 9.17) is 40.8 Å². The maximum atomic E-state index is 11.2. The van der Waals surface area contributed by atoms with Gasteiger partial charge in [0, 0.05) is 48.1 Å². The summed E-state index contributed by atoms with van der Waals surface area (Å²) in [5.74, 6) is 3.24. The molecule has 2 aliphatic heterocycles. The third-order valence-electron chi connectivity index (χ3n) is 8.01. The number of hydrogen-bond donors (Lipinski definition) is 5. The largest absolute Gasteiger partial charge is 0.493 e. The zero-order valence-electron chi connectivity index (χ0n) is 28.6. The molecule has 2 fully saturated rings. The van der Waals surface area contributed by atoms with Crippen molar-refractivity contribution in [3.05, 3.63) is 42.1 Å². The SMILES string of the molecule is COc1cc2ncnc(Cl)c2cc1OC.COc1cc2ncnc(N3CCC(NS(N)(=O)=O)CC3)c2cc1OC.NS(=O)(=O)NC1CCNCC1. The first-order valence-corrected chi connectivity index (χ1v) is 19.2. The van der Waals surface area contributed by atoms with Gasteiger partial charge >= 0.3 is 0 Å². The molecule has 18 nitrogen and oxygen atoms in total. The van der Waals surface area contributed by atoms with E-state index < -0.39 is 20.4 Å². The average molecular weight is 771 g/mol. The van der Waals surface area contributed by atoms with Gasteiger partial charge in [-0.15, -0.1) is 0 Å². The lowest BCUT2D eigenvalue weighted by molar-refractivity contribution is 0.355. The molecule has 21 heteroatoms. The first-order chi connectivity index (χ1) is 24.2. The molecule has 6 rings (SSSR count). The summed E-state index contributed by atoms with van der Waals surface area (Å²) in [7, 11) is -0.877. The van der Waals surface area contributed by atoms with E-state index in [0.29, 0.717) is 54.1 Å². The summed E-state index contributed by atoms with van der Waals surface area (Å²) in [6.45, 7) is 3.03. The molecule has 2 aromatic carbocycles. The third-order valence-corrected chi connectivity index (χ3v) is 9.63. The van der Waals surface area contributed by atoms with Crippen LogP contribution in [0.1, 0.15) is 25.7 Å². The van der Waals surface area contributed by atoms with Crippen LogP contribution in [0, 0.1) is 0 Å². The summed E-state index contributed by atoms with van der Waals surface area (Å²) in [6, 6.07) is 7.06. The summed E-state index contributed by atoms with van der Waals surface area (Å²) in [5, 5.41) is 15.0. The lowest BCUT2D eigenvalue weighted by Gasteiger charge is -2.33. The predicted molar refractivity (Wildman–Crippen MR) is 194 cm³/mol. The predicted octanol–water partition coefficient (Wildman–Crippen LogP) is 1.24. The molecular weight excluding hydrogens is 728 g/mol. The average Bonchev–Trinajstić information content (AvgIpc) is 3.10. The number of nitrogens with two attached hydrogens (primary N) is 2. The number of ether oxygens (including phenoxy) is 4. The highest BCUT2D eigenvalue weighted by atomic mass is 35.5. The van der Waals surface area contributed by atoms with Gasteiger partial charge in [0.15, 0.2) is 23.0 Å². The normalized spacial score (nSPS) is 15.7. The molecule has 280 valence electrons. The number of nitrogens with zero attached hydrogens (tertiary/aromatic N) is 5. The van der Waals surface area contributed by atoms with Crippen molar-refractivity contribution in [2.24, 2.45) is 10.3 Å². The van der Waals surface area contributed by atoms with Crippen molar-refractivity contribution in [3.8, 4) is 23.0 Å². The van der Waals surface area contributed by atoms with E-state index in [1.807, 2.05) is 12.1 Å². The quantitative estimate of drug-likeness (QED) is 0.150. The fraction of sp³-hybridized carbons (Fsp3) is 0.467. The van der Waals surface area contributed by atoms with Gasteiger partial charge in [-0.1, -0.05) is 11.6 Å². The molecule has 7 N–H and O–H groups in total. The maximum Gasteiger partial charge on any atom is 0.274 e. The fourth-order valence-corrected chi connectivity index (χ4v) is 7.18. The minimum atomic E-state index is -3.68. The smallest absolute Gasteiger partial charge is 0.274 e. The number of methoxy groups -OCH3 is 4. The molecule has 0 atom stereocenters. The number of aromatic nitrogens is 4. The van der Waals surface area contributed by atoms with Crippen LogP contribution in [0.3, 0.4) is 0 Å². The van der Waals surface area contributed by atoms with Crippen molar-refractivity contribution in [2.75, 3.05) is 59.5 Å². The minimum Gasteiger partial charge on any atom is -0.493 e. The summed E-state index contributed by atoms with van der Waals surface area (Å²) in [4.78, 5) is 18.8. The topological polar surface area (TPSA) is 248 Å². The number of anilines is 1. The number of rotatable bonds is 9. The monoisotopic (exact) mass is 770 g/mol. The van der Waals surface area contributed by atoms with Crippen molar-refractivity contribution in [1.82, 2.24) is 34.7 Å². The Balaban J connectivity index is 0.000000190. The van der Waals surface area contributed by atoms with Crippen LogP contribution in [0.25, 0.3) is 21.8 Å². The van der Waals surface area contributed by atoms with E-state index in [9.17, 15) is 16.8 Å². The van der Waals surface area contributed by atoms with Crippen LogP contribution in [-0.2, 0) is 20.4 Å². The van der Waals surface area contributed by atoms with Gasteiger partial charge < -0.3 is 29.2 Å². The van der Waals surface area contributed by atoms with Gasteiger partial charge in [-0.25, -0.2) is 30.2 Å². The zero-order valence-corrected chi connectivity index (χ0v) is 31.0. The van der Waals surface area contributed by atoms with Crippen LogP contribution >= 0.6 is 11.6 Å². The van der Waals surface area contributed by atoms with Crippen molar-refractivity contribution in [2.45, 2.75) is 37.8 Å². The van der Waals surface area contributed by atoms with E-state index in [1.54, 1.807) is 40.6 Å². The van der Waals surface area contributed by atoms with Gasteiger partial charge in [0.2, 0.25) is 0 Å². The summed E-state index contributed by atoms with van der Waals surface area (Å²) >= 11 is 5.93. The molecule has 0 saturated carbocycles. The molecule has 2 aliphatic rings. The molecule has 51 heavy (non-hydrogen) atoms. The lowest BCUT2D eigenvalue weighted by Crippen LogP contribution is -2.46. The molecule has 4 heterocycles. The van der Waals surface area contributed by atoms with Gasteiger partial charge in [-0.05, 0) is 50.9 Å². The van der Waals surface area contributed by atoms with Crippen LogP contribution < -0.4 is 48.9 Å². The molecule has 4 aromatic rings. The van der Waals surface area contributed by atoms with Gasteiger partial charge in [-0.2, -0.15) is 26.3 Å². The number of fused-ring (bicyclic) bond motifs is 2. The van der Waals surface area contributed by atoms with Crippen LogP contribution in [0.4, 0.5) is 5.82 Å². The second-order valence-corrected chi connectivity index (χ2v) is 14.4. The van der Waals surface area contributed by atoms with Gasteiger partial charge in [0.05, 0.1) is 39.5 Å². The second-order valence-electron chi connectivity index (χ2n) is 11.4. The fourth-order valence-electron chi connectivity index (χ4n) is 5.59. The molecule has 0 bridgehead atoms. The molecule has 0 amide bonds. The Morgan fingerprint density at radius 3 is 1.61 bits per heavy atom. The van der Waals surface area contributed by atoms with E-state index in [0.717, 1.165) is 53.6 Å². The van der Waals surface area contributed by atoms with E-state index in [2.05, 4.69) is 39.6 Å². The van der Waals surface area contributed by atoms with Gasteiger partial charge in [0.1, 0.15) is 23.6 Å². The highest BCUT2D eigenvalue weighted by Gasteiger charge is 2.24. The van der Waals surface area contributed by atoms with Crippen LogP contribution in [0.15, 0.2) is 36.9 Å². The van der Waals surface area contributed by atoms with Crippen molar-refractivity contribution >= 4 is 59.6 Å². The Hall–Kier alpha value is -3.89. The van der Waals surface area contributed by atoms with E-state index in [-0.39, 0.29) is 12.1 Å². The Labute approximate surface area is 301 Å². The Bertz CT molecular complexity index is 2000. The Morgan fingerprint density at radius 2 is 1.12 bits per heavy atom. The summed E-state index contributed by atoms with van der Waals surface area (Å²) < 4.78 is 69.2. The van der Waals surface area contributed by atoms with E-state index >= 15 is 0 Å². The third kappa shape index (κ3) is 11.6. The maximum absolute atomic E-state index is 11.2. The van der Waals surface area contributed by atoms with Crippen molar-refractivity contribution in [1.29, 1.82) is 0 Å². The summed E-state index contributed by atoms with van der Waals surface area (Å²) in [6.07, 6.45) is 5.85. The molecule has 0 aliphatic carbocycles. The van der Waals surface area contributed by atoms with Gasteiger partial charge in [-0.3, -0.25) is 0 Å². The number of benzene rings is 2. The number of hydrogen-bond acceptors (Lipinski definition) is 14. The molecule has 2 aromatic heterocycles. The molecule has 0 radical (unpaired) electrons. The van der Waals surface area contributed by atoms with Crippen molar-refractivity contribution in [3.63, 3.8) is 0 Å². The highest BCUT2D eigenvalue weighted by Crippen LogP contribution is 2.36. The molecular formula is C30H43ClN10O8S2. The number of piperidine rings is 2. The standard InChI is InChI=1S/C15H21N5O4S.C10H9ClN2O2.C5H13N3O2S/c1-23-13-7-11-12(8-14(13)24-2)17-9-18-15(11)20-5-3-10(4-6-20)19-25(16,21)22;1-14-8-3-6-7(4-9(8)15-2)12-5-13-10(6)11;6-11(9,10)8-5-1-3-7-4-2-5/h7-10,19H,3-6H2,1-2H3,(H2,16,21,22);3-5H,1-2H3;5,7-8H,1-4H2,(H2,6,9,10). The second kappa shape index (κ2) is 18.0.